The van der Waals surface area contributed by atoms with Crippen LogP contribution in [-0.4, -0.2) is 27.2 Å². The number of aromatic nitrogens is 3. The van der Waals surface area contributed by atoms with Crippen molar-refractivity contribution in [2.75, 3.05) is 12.3 Å². The van der Waals surface area contributed by atoms with Crippen LogP contribution in [0.3, 0.4) is 0 Å². The van der Waals surface area contributed by atoms with Crippen molar-refractivity contribution in [2.24, 2.45) is 0 Å². The molecule has 6 nitrogen and oxygen atoms in total. The fourth-order valence-corrected chi connectivity index (χ4v) is 1.53. The third-order valence-corrected chi connectivity index (χ3v) is 2.45. The summed E-state index contributed by atoms with van der Waals surface area (Å²) in [6.07, 6.45) is 3.97. The Balaban J connectivity index is 2.27. The standard InChI is InChI=1S/C12H15N5O/c1-2-6-15-12(18)9-8-16-17(11(9)13)10-5-3-4-7-14-10/h3-5,7-8H,2,6,13H2,1H3,(H,15,18). The molecule has 0 unspecified atom stereocenters. The molecule has 0 atom stereocenters. The third-order valence-electron chi connectivity index (χ3n) is 2.45. The van der Waals surface area contributed by atoms with Crippen LogP contribution in [0, 0.1) is 0 Å². The van der Waals surface area contributed by atoms with Crippen LogP contribution in [0.5, 0.6) is 0 Å². The maximum Gasteiger partial charge on any atom is 0.256 e. The molecule has 0 aliphatic carbocycles. The Bertz CT molecular complexity index is 535. The first-order valence-corrected chi connectivity index (χ1v) is 5.77. The van der Waals surface area contributed by atoms with Gasteiger partial charge in [0.1, 0.15) is 11.4 Å². The number of carbonyl (C=O) groups is 1. The predicted molar refractivity (Wildman–Crippen MR) is 68.4 cm³/mol. The number of rotatable bonds is 4. The number of amides is 1. The van der Waals surface area contributed by atoms with Gasteiger partial charge in [-0.1, -0.05) is 13.0 Å². The summed E-state index contributed by atoms with van der Waals surface area (Å²) in [5, 5.41) is 6.85. The molecular formula is C12H15N5O. The van der Waals surface area contributed by atoms with Crippen molar-refractivity contribution < 1.29 is 4.79 Å². The van der Waals surface area contributed by atoms with Gasteiger partial charge in [-0.2, -0.15) is 9.78 Å². The molecular weight excluding hydrogens is 230 g/mol. The summed E-state index contributed by atoms with van der Waals surface area (Å²) in [6.45, 7) is 2.61. The quantitative estimate of drug-likeness (QED) is 0.841. The van der Waals surface area contributed by atoms with Gasteiger partial charge in [-0.25, -0.2) is 4.98 Å². The van der Waals surface area contributed by atoms with Crippen molar-refractivity contribution >= 4 is 11.7 Å². The maximum absolute atomic E-state index is 11.8. The molecule has 94 valence electrons. The van der Waals surface area contributed by atoms with Crippen LogP contribution in [-0.2, 0) is 0 Å². The second kappa shape index (κ2) is 5.31. The molecule has 2 heterocycles. The fourth-order valence-electron chi connectivity index (χ4n) is 1.53. The topological polar surface area (TPSA) is 85.8 Å². The van der Waals surface area contributed by atoms with E-state index in [1.807, 2.05) is 13.0 Å². The zero-order valence-electron chi connectivity index (χ0n) is 10.1. The van der Waals surface area contributed by atoms with Crippen LogP contribution in [0.25, 0.3) is 5.82 Å². The zero-order chi connectivity index (χ0) is 13.0. The lowest BCUT2D eigenvalue weighted by atomic mass is 10.3. The van der Waals surface area contributed by atoms with E-state index in [0.717, 1.165) is 6.42 Å². The predicted octanol–water partition coefficient (Wildman–Crippen LogP) is 0.989. The number of hydrogen-bond donors (Lipinski definition) is 2. The molecule has 0 aliphatic heterocycles. The van der Waals surface area contributed by atoms with Crippen molar-refractivity contribution in [1.29, 1.82) is 0 Å². The molecule has 0 bridgehead atoms. The smallest absolute Gasteiger partial charge is 0.256 e. The van der Waals surface area contributed by atoms with Crippen molar-refractivity contribution in [1.82, 2.24) is 20.1 Å². The number of nitrogen functional groups attached to an aromatic ring is 1. The molecule has 1 amide bonds. The lowest BCUT2D eigenvalue weighted by Gasteiger charge is -2.04. The van der Waals surface area contributed by atoms with Crippen LogP contribution in [0.1, 0.15) is 23.7 Å². The van der Waals surface area contributed by atoms with E-state index < -0.39 is 0 Å². The highest BCUT2D eigenvalue weighted by molar-refractivity contribution is 5.98. The van der Waals surface area contributed by atoms with E-state index in [1.165, 1.54) is 10.9 Å². The second-order valence-electron chi connectivity index (χ2n) is 3.80. The SMILES string of the molecule is CCCNC(=O)c1cnn(-c2ccccn2)c1N. The van der Waals surface area contributed by atoms with Gasteiger partial charge < -0.3 is 11.1 Å². The Morgan fingerprint density at radius 2 is 2.33 bits per heavy atom. The van der Waals surface area contributed by atoms with Crippen molar-refractivity contribution in [3.63, 3.8) is 0 Å². The molecule has 0 radical (unpaired) electrons. The Morgan fingerprint density at radius 3 is 3.00 bits per heavy atom. The third kappa shape index (κ3) is 2.32. The molecule has 0 spiro atoms. The Hall–Kier alpha value is -2.37. The van der Waals surface area contributed by atoms with E-state index in [4.69, 9.17) is 5.73 Å². The minimum Gasteiger partial charge on any atom is -0.383 e. The summed E-state index contributed by atoms with van der Waals surface area (Å²) >= 11 is 0. The molecule has 0 aromatic carbocycles. The minimum absolute atomic E-state index is 0.212. The van der Waals surface area contributed by atoms with Gasteiger partial charge in [-0.3, -0.25) is 4.79 Å². The van der Waals surface area contributed by atoms with Crippen molar-refractivity contribution in [2.45, 2.75) is 13.3 Å². The summed E-state index contributed by atoms with van der Waals surface area (Å²) in [7, 11) is 0. The van der Waals surface area contributed by atoms with Crippen molar-refractivity contribution in [3.8, 4) is 5.82 Å². The van der Waals surface area contributed by atoms with E-state index in [0.29, 0.717) is 23.7 Å². The molecule has 3 N–H and O–H groups in total. The average molecular weight is 245 g/mol. The number of nitrogens with zero attached hydrogens (tertiary/aromatic N) is 3. The van der Waals surface area contributed by atoms with Gasteiger partial charge in [-0.05, 0) is 18.6 Å². The van der Waals surface area contributed by atoms with Crippen LogP contribution in [0.4, 0.5) is 5.82 Å². The summed E-state index contributed by atoms with van der Waals surface area (Å²) in [6, 6.07) is 5.41. The number of nitrogens with two attached hydrogens (primary N) is 1. The van der Waals surface area contributed by atoms with E-state index >= 15 is 0 Å². The van der Waals surface area contributed by atoms with Gasteiger partial charge in [0.25, 0.3) is 5.91 Å². The second-order valence-corrected chi connectivity index (χ2v) is 3.80. The molecule has 0 saturated heterocycles. The van der Waals surface area contributed by atoms with Crippen molar-refractivity contribution in [3.05, 3.63) is 36.2 Å². The summed E-state index contributed by atoms with van der Waals surface area (Å²) in [5.41, 5.74) is 6.28. The number of carbonyl (C=O) groups excluding carboxylic acids is 1. The highest BCUT2D eigenvalue weighted by atomic mass is 16.1. The zero-order valence-corrected chi connectivity index (χ0v) is 10.1. The van der Waals surface area contributed by atoms with Crippen LogP contribution in [0.2, 0.25) is 0 Å². The first-order chi connectivity index (χ1) is 8.74. The van der Waals surface area contributed by atoms with Gasteiger partial charge in [0.2, 0.25) is 0 Å². The molecule has 2 aromatic heterocycles. The van der Waals surface area contributed by atoms with E-state index in [9.17, 15) is 4.79 Å². The normalized spacial score (nSPS) is 10.3. The van der Waals surface area contributed by atoms with E-state index in [2.05, 4.69) is 15.4 Å². The Kier molecular flexibility index (Phi) is 3.57. The first-order valence-electron chi connectivity index (χ1n) is 5.77. The summed E-state index contributed by atoms with van der Waals surface area (Å²) in [5.74, 6) is 0.670. The molecule has 0 fully saturated rings. The Labute approximate surface area is 105 Å². The molecule has 18 heavy (non-hydrogen) atoms. The summed E-state index contributed by atoms with van der Waals surface area (Å²) < 4.78 is 1.45. The van der Waals surface area contributed by atoms with E-state index in [1.54, 1.807) is 18.3 Å². The molecule has 2 rings (SSSR count). The van der Waals surface area contributed by atoms with Crippen LogP contribution in [0.15, 0.2) is 30.6 Å². The number of anilines is 1. The average Bonchev–Trinajstić information content (AvgIpc) is 2.79. The number of hydrogen-bond acceptors (Lipinski definition) is 4. The molecule has 0 saturated carbocycles. The maximum atomic E-state index is 11.8. The largest absolute Gasteiger partial charge is 0.383 e. The molecule has 2 aromatic rings. The number of nitrogens with one attached hydrogen (secondary N) is 1. The van der Waals surface area contributed by atoms with Gasteiger partial charge in [0.15, 0.2) is 5.82 Å². The lowest BCUT2D eigenvalue weighted by molar-refractivity contribution is 0.0954. The number of pyridine rings is 1. The monoisotopic (exact) mass is 245 g/mol. The van der Waals surface area contributed by atoms with E-state index in [-0.39, 0.29) is 5.91 Å². The van der Waals surface area contributed by atoms with Crippen LogP contribution >= 0.6 is 0 Å². The molecule has 0 aliphatic rings. The highest BCUT2D eigenvalue weighted by Gasteiger charge is 2.15. The lowest BCUT2D eigenvalue weighted by Crippen LogP contribution is -2.24. The minimum atomic E-state index is -0.212. The Morgan fingerprint density at radius 1 is 1.50 bits per heavy atom. The van der Waals surface area contributed by atoms with Gasteiger partial charge in [-0.15, -0.1) is 0 Å². The fraction of sp³-hybridized carbons (Fsp3) is 0.250. The first kappa shape index (κ1) is 12.1. The summed E-state index contributed by atoms with van der Waals surface area (Å²) in [4.78, 5) is 15.9. The van der Waals surface area contributed by atoms with Crippen LogP contribution < -0.4 is 11.1 Å². The van der Waals surface area contributed by atoms with Gasteiger partial charge >= 0.3 is 0 Å². The van der Waals surface area contributed by atoms with Gasteiger partial charge in [0.05, 0.1) is 6.20 Å². The highest BCUT2D eigenvalue weighted by Crippen LogP contribution is 2.14. The van der Waals surface area contributed by atoms with Gasteiger partial charge in [0, 0.05) is 12.7 Å². The molecule has 6 heteroatoms.